The predicted octanol–water partition coefficient (Wildman–Crippen LogP) is 4.11. The number of nitrogens with zero attached hydrogens (tertiary/aromatic N) is 1. The summed E-state index contributed by atoms with van der Waals surface area (Å²) in [7, 11) is 0. The van der Waals surface area contributed by atoms with Crippen LogP contribution in [0.4, 0.5) is 10.1 Å². The first-order valence-corrected chi connectivity index (χ1v) is 6.53. The molecule has 19 heavy (non-hydrogen) atoms. The normalized spacial score (nSPS) is 15.5. The van der Waals surface area contributed by atoms with Crippen molar-refractivity contribution in [1.29, 1.82) is 0 Å². The molecule has 0 aliphatic heterocycles. The molecular weight excluding hydrogens is 239 g/mol. The Kier molecular flexibility index (Phi) is 2.90. The van der Waals surface area contributed by atoms with Crippen LogP contribution in [0.1, 0.15) is 18.4 Å². The van der Waals surface area contributed by atoms with Gasteiger partial charge in [0.25, 0.3) is 0 Å². The Bertz CT molecular complexity index is 692. The van der Waals surface area contributed by atoms with Gasteiger partial charge in [-0.1, -0.05) is 6.08 Å². The number of hydrogen-bond acceptors (Lipinski definition) is 1. The summed E-state index contributed by atoms with van der Waals surface area (Å²) in [6.07, 6.45) is 7.14. The smallest absolute Gasteiger partial charge is 0.101 e. The third-order valence-corrected chi connectivity index (χ3v) is 3.56. The first kappa shape index (κ1) is 12.0. The molecule has 0 bridgehead atoms. The van der Waals surface area contributed by atoms with Gasteiger partial charge in [-0.25, -0.2) is 4.39 Å². The maximum atomic E-state index is 13.3. The minimum atomic E-state index is -0.0186. The molecule has 0 spiro atoms. The van der Waals surface area contributed by atoms with Crippen molar-refractivity contribution in [3.8, 4) is 0 Å². The fourth-order valence-corrected chi connectivity index (χ4v) is 2.77. The first-order valence-electron chi connectivity index (χ1n) is 6.53. The van der Waals surface area contributed by atoms with Crippen molar-refractivity contribution in [2.24, 2.45) is 0 Å². The van der Waals surface area contributed by atoms with Crippen LogP contribution in [-0.2, 0) is 6.54 Å². The molecule has 2 nitrogen and oxygen atoms in total. The number of aromatic nitrogens is 1. The lowest BCUT2D eigenvalue weighted by Crippen LogP contribution is -2.02. The zero-order valence-corrected chi connectivity index (χ0v) is 11.0. The van der Waals surface area contributed by atoms with E-state index in [-0.39, 0.29) is 5.83 Å². The zero-order valence-electron chi connectivity index (χ0n) is 11.0. The van der Waals surface area contributed by atoms with E-state index in [0.29, 0.717) is 13.0 Å². The summed E-state index contributed by atoms with van der Waals surface area (Å²) in [4.78, 5) is 0. The third-order valence-electron chi connectivity index (χ3n) is 3.56. The molecule has 0 unspecified atom stereocenters. The second-order valence-electron chi connectivity index (χ2n) is 5.13. The largest absolute Gasteiger partial charge is 0.399 e. The second kappa shape index (κ2) is 4.57. The van der Waals surface area contributed by atoms with Crippen molar-refractivity contribution >= 4 is 16.6 Å². The van der Waals surface area contributed by atoms with Gasteiger partial charge in [0.2, 0.25) is 0 Å². The number of halogens is 1. The van der Waals surface area contributed by atoms with Gasteiger partial charge in [-0.3, -0.25) is 0 Å². The number of allylic oxidation sites excluding steroid dienone is 4. The maximum Gasteiger partial charge on any atom is 0.101 e. The van der Waals surface area contributed by atoms with Crippen LogP contribution in [0.15, 0.2) is 47.9 Å². The van der Waals surface area contributed by atoms with Crippen LogP contribution in [0, 0.1) is 6.92 Å². The van der Waals surface area contributed by atoms with Gasteiger partial charge in [0.05, 0.1) is 5.52 Å². The van der Waals surface area contributed by atoms with Crippen LogP contribution in [0.3, 0.4) is 0 Å². The molecule has 1 aromatic carbocycles. The first-order chi connectivity index (χ1) is 9.13. The summed E-state index contributed by atoms with van der Waals surface area (Å²) in [6.45, 7) is 2.77. The fourth-order valence-electron chi connectivity index (χ4n) is 2.77. The van der Waals surface area contributed by atoms with Gasteiger partial charge in [-0.2, -0.15) is 0 Å². The van der Waals surface area contributed by atoms with Crippen molar-refractivity contribution in [2.75, 3.05) is 5.73 Å². The highest BCUT2D eigenvalue weighted by Gasteiger charge is 2.09. The SMILES string of the molecule is Cc1cc(N)cc2ccn(CC3=CCCC(F)=C3)c12. The molecule has 98 valence electrons. The number of fused-ring (bicyclic) bond motifs is 1. The van der Waals surface area contributed by atoms with Gasteiger partial charge in [-0.15, -0.1) is 0 Å². The second-order valence-corrected chi connectivity index (χ2v) is 5.13. The molecule has 0 atom stereocenters. The van der Waals surface area contributed by atoms with Crippen LogP contribution in [-0.4, -0.2) is 4.57 Å². The molecule has 0 radical (unpaired) electrons. The number of rotatable bonds is 2. The van der Waals surface area contributed by atoms with Gasteiger partial charge in [0.15, 0.2) is 0 Å². The molecular formula is C16H17FN2. The van der Waals surface area contributed by atoms with Gasteiger partial charge in [0, 0.05) is 30.2 Å². The number of nitrogen functional groups attached to an aromatic ring is 1. The summed E-state index contributed by atoms with van der Waals surface area (Å²) < 4.78 is 15.5. The molecule has 2 aromatic rings. The van der Waals surface area contributed by atoms with E-state index in [1.807, 2.05) is 18.3 Å². The highest BCUT2D eigenvalue weighted by atomic mass is 19.1. The minimum absolute atomic E-state index is 0.0186. The average Bonchev–Trinajstić information content (AvgIpc) is 2.72. The third kappa shape index (κ3) is 2.28. The van der Waals surface area contributed by atoms with E-state index in [1.165, 1.54) is 5.52 Å². The Balaban J connectivity index is 2.00. The Morgan fingerprint density at radius 2 is 2.21 bits per heavy atom. The number of aryl methyl sites for hydroxylation is 1. The van der Waals surface area contributed by atoms with Crippen molar-refractivity contribution in [1.82, 2.24) is 4.57 Å². The number of nitrogens with two attached hydrogens (primary N) is 1. The van der Waals surface area contributed by atoms with Gasteiger partial charge >= 0.3 is 0 Å². The predicted molar refractivity (Wildman–Crippen MR) is 77.6 cm³/mol. The zero-order chi connectivity index (χ0) is 13.4. The molecule has 1 aromatic heterocycles. The Hall–Kier alpha value is -2.03. The summed E-state index contributed by atoms with van der Waals surface area (Å²) in [5, 5.41) is 1.14. The van der Waals surface area contributed by atoms with E-state index in [2.05, 4.69) is 23.6 Å². The van der Waals surface area contributed by atoms with Crippen LogP contribution >= 0.6 is 0 Å². The molecule has 3 rings (SSSR count). The number of anilines is 1. The van der Waals surface area contributed by atoms with E-state index in [1.54, 1.807) is 6.08 Å². The minimum Gasteiger partial charge on any atom is -0.399 e. The molecule has 0 saturated heterocycles. The van der Waals surface area contributed by atoms with Crippen molar-refractivity contribution < 1.29 is 4.39 Å². The fraction of sp³-hybridized carbons (Fsp3) is 0.250. The van der Waals surface area contributed by atoms with E-state index in [0.717, 1.165) is 28.6 Å². The molecule has 3 heteroatoms. The van der Waals surface area contributed by atoms with Crippen LogP contribution in [0.5, 0.6) is 0 Å². The topological polar surface area (TPSA) is 30.9 Å². The Labute approximate surface area is 112 Å². The molecule has 1 aliphatic carbocycles. The van der Waals surface area contributed by atoms with E-state index in [4.69, 9.17) is 5.73 Å². The average molecular weight is 256 g/mol. The summed E-state index contributed by atoms with van der Waals surface area (Å²) in [5.74, 6) is -0.0186. The monoisotopic (exact) mass is 256 g/mol. The summed E-state index contributed by atoms with van der Waals surface area (Å²) >= 11 is 0. The molecule has 0 saturated carbocycles. The Morgan fingerprint density at radius 3 is 3.00 bits per heavy atom. The van der Waals surface area contributed by atoms with Gasteiger partial charge in [0.1, 0.15) is 5.83 Å². The number of hydrogen-bond donors (Lipinski definition) is 1. The van der Waals surface area contributed by atoms with Crippen molar-refractivity contribution in [3.05, 3.63) is 53.5 Å². The highest BCUT2D eigenvalue weighted by molar-refractivity contribution is 5.86. The van der Waals surface area contributed by atoms with Crippen LogP contribution in [0.25, 0.3) is 10.9 Å². The van der Waals surface area contributed by atoms with Crippen molar-refractivity contribution in [3.63, 3.8) is 0 Å². The Morgan fingerprint density at radius 1 is 1.37 bits per heavy atom. The summed E-state index contributed by atoms with van der Waals surface area (Å²) in [6, 6.07) is 6.01. The van der Waals surface area contributed by atoms with Gasteiger partial charge < -0.3 is 10.3 Å². The lowest BCUT2D eigenvalue weighted by atomic mass is 10.1. The lowest BCUT2D eigenvalue weighted by molar-refractivity contribution is 0.581. The number of benzene rings is 1. The molecule has 2 N–H and O–H groups in total. The molecule has 1 aliphatic rings. The van der Waals surface area contributed by atoms with Crippen molar-refractivity contribution in [2.45, 2.75) is 26.3 Å². The lowest BCUT2D eigenvalue weighted by Gasteiger charge is -2.12. The van der Waals surface area contributed by atoms with E-state index < -0.39 is 0 Å². The standard InChI is InChI=1S/C16H17FN2/c1-11-7-15(18)9-13-5-6-19(16(11)13)10-12-3-2-4-14(17)8-12/h3,5-9H,2,4,10,18H2,1H3. The maximum absolute atomic E-state index is 13.3. The quantitative estimate of drug-likeness (QED) is 0.805. The van der Waals surface area contributed by atoms with E-state index >= 15 is 0 Å². The van der Waals surface area contributed by atoms with Crippen LogP contribution < -0.4 is 5.73 Å². The molecule has 0 amide bonds. The molecule has 0 fully saturated rings. The highest BCUT2D eigenvalue weighted by Crippen LogP contribution is 2.26. The summed E-state index contributed by atoms with van der Waals surface area (Å²) in [5.41, 5.74) is 10.0. The molecule has 1 heterocycles. The van der Waals surface area contributed by atoms with Gasteiger partial charge in [-0.05, 0) is 48.8 Å². The van der Waals surface area contributed by atoms with Crippen LogP contribution in [0.2, 0.25) is 0 Å². The van der Waals surface area contributed by atoms with E-state index in [9.17, 15) is 4.39 Å².